The van der Waals surface area contributed by atoms with E-state index in [-0.39, 0.29) is 54.0 Å². The van der Waals surface area contributed by atoms with Crippen LogP contribution in [0.15, 0.2) is 83.8 Å². The van der Waals surface area contributed by atoms with Gasteiger partial charge in [0.2, 0.25) is 5.75 Å². The van der Waals surface area contributed by atoms with E-state index in [4.69, 9.17) is 42.3 Å². The van der Waals surface area contributed by atoms with Crippen molar-refractivity contribution in [3.8, 4) is 41.1 Å². The Morgan fingerprint density at radius 2 is 1.65 bits per heavy atom. The van der Waals surface area contributed by atoms with Gasteiger partial charge in [-0.3, -0.25) is 4.79 Å². The number of thioether (sulfide) groups is 1. The van der Waals surface area contributed by atoms with Gasteiger partial charge < -0.3 is 34.1 Å². The number of nitrogens with one attached hydrogen (secondary N) is 1. The number of ether oxygens (including phenoxy) is 5. The van der Waals surface area contributed by atoms with Crippen LogP contribution < -0.4 is 24.3 Å². The molecule has 0 spiro atoms. The summed E-state index contributed by atoms with van der Waals surface area (Å²) in [5.74, 6) is 1.39. The highest BCUT2D eigenvalue weighted by Gasteiger charge is 2.20. The Hall–Kier alpha value is -5.62. The molecule has 0 amide bonds. The Bertz CT molecular complexity index is 2080. The maximum atomic E-state index is 13.2. The highest BCUT2D eigenvalue weighted by molar-refractivity contribution is 8.23. The van der Waals surface area contributed by atoms with Crippen molar-refractivity contribution in [3.63, 3.8) is 0 Å². The van der Waals surface area contributed by atoms with E-state index in [1.54, 1.807) is 24.3 Å². The third kappa shape index (κ3) is 10.0. The van der Waals surface area contributed by atoms with Crippen molar-refractivity contribution in [2.75, 3.05) is 32.8 Å². The average molecular weight is 757 g/mol. The number of unbranched alkanes of at least 4 members (excludes halogenated alkanes) is 1. The number of thiazole rings is 1. The number of nitrogens with zero attached hydrogens (tertiary/aromatic N) is 1. The molecule has 266 valence electrons. The van der Waals surface area contributed by atoms with Crippen LogP contribution in [0.4, 0.5) is 5.13 Å². The van der Waals surface area contributed by atoms with Crippen LogP contribution in [0.25, 0.3) is 10.2 Å². The molecule has 0 atom stereocenters. The monoisotopic (exact) mass is 756 g/mol. The molecule has 2 N–H and O–H groups in total. The van der Waals surface area contributed by atoms with Crippen molar-refractivity contribution in [1.82, 2.24) is 4.98 Å². The second-order valence-electron chi connectivity index (χ2n) is 10.9. The molecular weight excluding hydrogens is 725 g/mol. The molecule has 0 saturated heterocycles. The molecule has 5 rings (SSSR count). The van der Waals surface area contributed by atoms with Gasteiger partial charge in [-0.25, -0.2) is 14.6 Å². The number of thiocarbonyl (C=S) groups is 1. The van der Waals surface area contributed by atoms with Gasteiger partial charge in [0.15, 0.2) is 22.4 Å². The third-order valence-corrected chi connectivity index (χ3v) is 9.45. The molecule has 0 unspecified atom stereocenters. The largest absolute Gasteiger partial charge is 0.507 e. The third-order valence-electron chi connectivity index (χ3n) is 7.31. The number of phenols is 1. The van der Waals surface area contributed by atoms with Crippen LogP contribution in [0.3, 0.4) is 0 Å². The van der Waals surface area contributed by atoms with Gasteiger partial charge in [0.1, 0.15) is 15.8 Å². The first kappa shape index (κ1) is 37.6. The first-order valence-corrected chi connectivity index (χ1v) is 17.8. The van der Waals surface area contributed by atoms with E-state index in [1.165, 1.54) is 67.7 Å². The molecule has 14 heteroatoms. The van der Waals surface area contributed by atoms with Gasteiger partial charge >= 0.3 is 11.9 Å². The molecular formula is C38H32N2O9S3. The van der Waals surface area contributed by atoms with Gasteiger partial charge in [0.25, 0.3) is 0 Å². The fourth-order valence-corrected chi connectivity index (χ4v) is 6.87. The summed E-state index contributed by atoms with van der Waals surface area (Å²) in [6, 6.07) is 21.8. The number of methoxy groups -OCH3 is 2. The lowest BCUT2D eigenvalue weighted by Crippen LogP contribution is -2.11. The lowest BCUT2D eigenvalue weighted by molar-refractivity contribution is -0.136. The molecule has 11 nitrogen and oxygen atoms in total. The quantitative estimate of drug-likeness (QED) is 0.0159. The Balaban J connectivity index is 1.16. The summed E-state index contributed by atoms with van der Waals surface area (Å²) in [6.45, 7) is 0.430. The summed E-state index contributed by atoms with van der Waals surface area (Å²) < 4.78 is 28.6. The molecule has 1 aromatic heterocycles. The van der Waals surface area contributed by atoms with Crippen molar-refractivity contribution in [3.05, 3.63) is 95.6 Å². The van der Waals surface area contributed by atoms with E-state index in [0.29, 0.717) is 44.1 Å². The normalized spacial score (nSPS) is 10.6. The number of anilines is 1. The maximum Gasteiger partial charge on any atom is 0.384 e. The zero-order valence-electron chi connectivity index (χ0n) is 28.0. The Kier molecular flexibility index (Phi) is 13.1. The predicted octanol–water partition coefficient (Wildman–Crippen LogP) is 7.49. The number of terminal acetylenes is 1. The summed E-state index contributed by atoms with van der Waals surface area (Å²) in [4.78, 5) is 42.3. The summed E-state index contributed by atoms with van der Waals surface area (Å²) in [7, 11) is 2.86. The van der Waals surface area contributed by atoms with Crippen LogP contribution in [0.1, 0.15) is 39.1 Å². The lowest BCUT2D eigenvalue weighted by Gasteiger charge is -2.16. The van der Waals surface area contributed by atoms with Crippen molar-refractivity contribution in [2.45, 2.75) is 24.2 Å². The molecule has 0 radical (unpaired) electrons. The molecule has 0 aliphatic heterocycles. The van der Waals surface area contributed by atoms with E-state index < -0.39 is 11.9 Å². The van der Waals surface area contributed by atoms with Crippen LogP contribution in [-0.2, 0) is 16.0 Å². The van der Waals surface area contributed by atoms with Crippen molar-refractivity contribution in [1.29, 1.82) is 0 Å². The number of hydrogen-bond donors (Lipinski definition) is 2. The number of Topliss-reactive ketones (excluding diaryl/α,β-unsaturated/α-hetero) is 1. The molecule has 0 aliphatic carbocycles. The van der Waals surface area contributed by atoms with Gasteiger partial charge in [0.05, 0.1) is 48.1 Å². The van der Waals surface area contributed by atoms with Crippen LogP contribution in [0.5, 0.6) is 28.7 Å². The summed E-state index contributed by atoms with van der Waals surface area (Å²) >= 11 is 8.14. The van der Waals surface area contributed by atoms with Gasteiger partial charge in [-0.15, -0.1) is 6.42 Å². The lowest BCUT2D eigenvalue weighted by atomic mass is 10.0. The number of esters is 2. The molecule has 0 aliphatic rings. The molecule has 4 aromatic carbocycles. The number of carbonyl (C=O) groups is 3. The highest BCUT2D eigenvalue weighted by Crippen LogP contribution is 2.39. The average Bonchev–Trinajstić information content (AvgIpc) is 3.56. The Morgan fingerprint density at radius 3 is 2.35 bits per heavy atom. The number of phenolic OH excluding ortho intramolecular Hbond substituents is 1. The number of ketones is 1. The van der Waals surface area contributed by atoms with Crippen molar-refractivity contribution < 1.29 is 43.2 Å². The smallest absolute Gasteiger partial charge is 0.384 e. The fourth-order valence-electron chi connectivity index (χ4n) is 4.78. The number of aromatic hydroxyl groups is 1. The van der Waals surface area contributed by atoms with Crippen LogP contribution in [-0.4, -0.2) is 59.6 Å². The minimum atomic E-state index is -0.719. The number of hydrogen-bond acceptors (Lipinski definition) is 13. The van der Waals surface area contributed by atoms with E-state index in [1.807, 2.05) is 30.2 Å². The summed E-state index contributed by atoms with van der Waals surface area (Å²) in [6.07, 6.45) is 6.13. The number of aromatic nitrogens is 1. The van der Waals surface area contributed by atoms with Crippen LogP contribution in [0.2, 0.25) is 0 Å². The zero-order valence-corrected chi connectivity index (χ0v) is 30.5. The number of benzene rings is 4. The number of para-hydroxylation sites is 1. The van der Waals surface area contributed by atoms with Crippen LogP contribution >= 0.6 is 35.3 Å². The second kappa shape index (κ2) is 18.0. The number of rotatable bonds is 15. The van der Waals surface area contributed by atoms with Gasteiger partial charge in [-0.05, 0) is 79.1 Å². The summed E-state index contributed by atoms with van der Waals surface area (Å²) in [5.41, 5.74) is 2.11. The fraction of sp³-hybridized carbons (Fsp3) is 0.184. The topological polar surface area (TPSA) is 143 Å². The Morgan fingerprint density at radius 1 is 0.942 bits per heavy atom. The van der Waals surface area contributed by atoms with Crippen LogP contribution in [0, 0.1) is 12.3 Å². The van der Waals surface area contributed by atoms with Gasteiger partial charge in [-0.2, -0.15) is 0 Å². The Labute approximate surface area is 313 Å². The molecule has 52 heavy (non-hydrogen) atoms. The SMILES string of the molecule is C#CC(=O)OCCCCOc1c(OC)cc(C(=O)Oc2ccc(C(=O)Cc3ccc(O)c(SC(=S)Nc4nc5ccccc5s4)c3)cc2)cc1OC. The minimum absolute atomic E-state index is 0.0382. The maximum absolute atomic E-state index is 13.2. The first-order valence-electron chi connectivity index (χ1n) is 15.7. The minimum Gasteiger partial charge on any atom is -0.507 e. The van der Waals surface area contributed by atoms with E-state index >= 15 is 0 Å². The molecule has 0 fully saturated rings. The molecule has 0 bridgehead atoms. The standard InChI is InChI=1S/C38H32N2O9S3/c1-4-34(43)47-17-7-8-18-48-35-30(45-2)21-25(22-31(35)46-3)36(44)49-26-14-12-24(13-15-26)29(42)19-23-11-16-28(41)33(20-23)52-38(50)40-37-39-27-9-5-6-10-32(27)51-37/h1,5-6,9-16,20-22,41H,7-8,17-19H2,2-3H3,(H,39,40,50). The van der Waals surface area contributed by atoms with Gasteiger partial charge in [0, 0.05) is 17.9 Å². The summed E-state index contributed by atoms with van der Waals surface area (Å²) in [5, 5.41) is 14.2. The van der Waals surface area contributed by atoms with Crippen molar-refractivity contribution >= 4 is 72.7 Å². The van der Waals surface area contributed by atoms with E-state index in [0.717, 1.165) is 10.2 Å². The number of carbonyl (C=O) groups excluding carboxylic acids is 3. The van der Waals surface area contributed by atoms with Crippen molar-refractivity contribution in [2.24, 2.45) is 0 Å². The van der Waals surface area contributed by atoms with E-state index in [9.17, 15) is 19.5 Å². The molecule has 1 heterocycles. The van der Waals surface area contributed by atoms with Gasteiger partial charge in [-0.1, -0.05) is 53.5 Å². The predicted molar refractivity (Wildman–Crippen MR) is 203 cm³/mol. The first-order chi connectivity index (χ1) is 25.2. The second-order valence-corrected chi connectivity index (χ2v) is 13.6. The molecule has 0 saturated carbocycles. The molecule has 5 aromatic rings. The zero-order chi connectivity index (χ0) is 37.0. The highest BCUT2D eigenvalue weighted by atomic mass is 32.2. The van der Waals surface area contributed by atoms with E-state index in [2.05, 4.69) is 10.3 Å². The number of fused-ring (bicyclic) bond motifs is 1.